The summed E-state index contributed by atoms with van der Waals surface area (Å²) in [5.41, 5.74) is 26.9. The lowest BCUT2D eigenvalue weighted by Gasteiger charge is -2.39. The van der Waals surface area contributed by atoms with E-state index in [9.17, 15) is 0 Å². The predicted molar refractivity (Wildman–Crippen MR) is 302 cm³/mol. The van der Waals surface area contributed by atoms with Crippen LogP contribution in [0.1, 0.15) is 106 Å². The van der Waals surface area contributed by atoms with Crippen LogP contribution in [0.15, 0.2) is 243 Å². The number of allylic oxidation sites excluding steroid dienone is 22. The summed E-state index contributed by atoms with van der Waals surface area (Å²) in [6, 6.07) is 32.3. The first-order valence-corrected chi connectivity index (χ1v) is 23.8. The van der Waals surface area contributed by atoms with Crippen molar-refractivity contribution in [3.8, 4) is 0 Å². The molecule has 4 aromatic rings. The second kappa shape index (κ2) is 28.7. The number of hydrogen-bond acceptors (Lipinski definition) is 1. The van der Waals surface area contributed by atoms with E-state index in [1.807, 2.05) is 83.2 Å². The van der Waals surface area contributed by atoms with Crippen molar-refractivity contribution in [1.29, 1.82) is 0 Å². The van der Waals surface area contributed by atoms with Crippen molar-refractivity contribution in [2.24, 2.45) is 5.92 Å². The van der Waals surface area contributed by atoms with Gasteiger partial charge in [0.25, 0.3) is 0 Å². The summed E-state index contributed by atoms with van der Waals surface area (Å²) >= 11 is 0. The smallest absolute Gasteiger partial charge is 0.0570 e. The molecule has 344 valence electrons. The molecule has 1 atom stereocenters. The number of fused-ring (bicyclic) bond motifs is 1. The standard InChI is InChI=1S/C39H42.C23H21N.2C2H6/c1-8-12-14-16-20-38-30-39(37(18-11-4)29-33(7)32(6)19-15-13-9-2)28-27-36(38)26-25-34(17-10-3)35-23-21-31(5)22-24-35;1-3-19-20-14-13-18(24)15-22(20)23(21(19)4-2,17-11-8-12-17)16-9-6-5-7-10-16;2*1-2/h8-11,13-19,21-30H,1,3-4,6,12,20H2,2,5,7H3;3-7,9-15,17H,24H2,1-2H3;2*1-2H3/b13-9-,16-14-,19-15-,26-25-,33-29+,34-17+,37-18+;19-3-,21-4+;;. The molecule has 0 amide bonds. The molecule has 4 aromatic carbocycles. The van der Waals surface area contributed by atoms with Gasteiger partial charge in [0.2, 0.25) is 0 Å². The van der Waals surface area contributed by atoms with E-state index in [4.69, 9.17) is 5.73 Å². The van der Waals surface area contributed by atoms with E-state index in [0.717, 1.165) is 46.4 Å². The normalized spacial score (nSPS) is 16.9. The number of nitrogens with two attached hydrogens (primary N) is 1. The molecular formula is C66H75N. The quantitative estimate of drug-likeness (QED) is 0.0516. The SMILES string of the molecule is C/C=C1\C(=C/C)C(c2ccccc2)(C2C=C=C2)c2cc(N)ccc21.C=C/C=C(\C=C/c1ccc(C(/C=C(\C)C(=C)/C=C\C=C/C)=C/C=C)cc1C/C=C\CC=C)c1ccc(C)cc1.CC.CC. The summed E-state index contributed by atoms with van der Waals surface area (Å²) in [6.07, 6.45) is 39.2. The Hall–Kier alpha value is -7.18. The molecule has 0 fully saturated rings. The second-order valence-electron chi connectivity index (χ2n) is 15.7. The second-order valence-corrected chi connectivity index (χ2v) is 15.7. The van der Waals surface area contributed by atoms with E-state index in [2.05, 4.69) is 212 Å². The number of anilines is 1. The van der Waals surface area contributed by atoms with Gasteiger partial charge in [0.05, 0.1) is 5.41 Å². The van der Waals surface area contributed by atoms with Crippen molar-refractivity contribution in [3.63, 3.8) is 0 Å². The van der Waals surface area contributed by atoms with Crippen LogP contribution in [0.3, 0.4) is 0 Å². The molecule has 0 aromatic heterocycles. The first-order chi connectivity index (χ1) is 32.7. The van der Waals surface area contributed by atoms with Crippen molar-refractivity contribution in [3.05, 3.63) is 288 Å². The molecule has 1 nitrogen and oxygen atoms in total. The summed E-state index contributed by atoms with van der Waals surface area (Å²) in [7, 11) is 0. The van der Waals surface area contributed by atoms with E-state index in [1.165, 1.54) is 50.1 Å². The van der Waals surface area contributed by atoms with E-state index < -0.39 is 0 Å². The number of hydrogen-bond donors (Lipinski definition) is 1. The average Bonchev–Trinajstić information content (AvgIpc) is 3.61. The molecule has 0 heterocycles. The van der Waals surface area contributed by atoms with Gasteiger partial charge >= 0.3 is 0 Å². The van der Waals surface area contributed by atoms with Crippen molar-refractivity contribution >= 4 is 28.5 Å². The van der Waals surface area contributed by atoms with Gasteiger partial charge in [0, 0.05) is 11.6 Å². The number of nitrogen functional groups attached to an aromatic ring is 1. The third-order valence-corrected chi connectivity index (χ3v) is 11.5. The van der Waals surface area contributed by atoms with E-state index >= 15 is 0 Å². The highest BCUT2D eigenvalue weighted by Crippen LogP contribution is 2.59. The van der Waals surface area contributed by atoms with Crippen molar-refractivity contribution in [1.82, 2.24) is 0 Å². The highest BCUT2D eigenvalue weighted by atomic mass is 14.6. The van der Waals surface area contributed by atoms with Gasteiger partial charge in [-0.2, -0.15) is 0 Å². The molecule has 6 rings (SSSR count). The number of rotatable bonds is 16. The van der Waals surface area contributed by atoms with Gasteiger partial charge in [-0.3, -0.25) is 0 Å². The largest absolute Gasteiger partial charge is 0.399 e. The van der Waals surface area contributed by atoms with E-state index in [0.29, 0.717) is 5.92 Å². The molecule has 1 heteroatoms. The maximum absolute atomic E-state index is 6.19. The Kier molecular flexibility index (Phi) is 23.2. The molecule has 1 unspecified atom stereocenters. The Bertz CT molecular complexity index is 2640. The van der Waals surface area contributed by atoms with Gasteiger partial charge < -0.3 is 5.73 Å². The maximum atomic E-state index is 6.19. The average molecular weight is 882 g/mol. The minimum Gasteiger partial charge on any atom is -0.399 e. The minimum absolute atomic E-state index is 0.214. The molecule has 67 heavy (non-hydrogen) atoms. The van der Waals surface area contributed by atoms with Gasteiger partial charge in [-0.15, -0.1) is 12.3 Å². The Morgan fingerprint density at radius 2 is 1.42 bits per heavy atom. The van der Waals surface area contributed by atoms with Gasteiger partial charge in [0.15, 0.2) is 0 Å². The number of aryl methyl sites for hydroxylation is 1. The Labute approximate surface area is 406 Å². The highest BCUT2D eigenvalue weighted by Gasteiger charge is 2.51. The molecule has 0 aliphatic heterocycles. The molecule has 2 aliphatic rings. The van der Waals surface area contributed by atoms with Crippen LogP contribution in [-0.4, -0.2) is 0 Å². The van der Waals surface area contributed by atoms with Crippen molar-refractivity contribution in [2.75, 3.05) is 5.73 Å². The fourth-order valence-corrected chi connectivity index (χ4v) is 8.25. The summed E-state index contributed by atoms with van der Waals surface area (Å²) in [5.74, 6) is 0.295. The van der Waals surface area contributed by atoms with Crippen LogP contribution in [0.5, 0.6) is 0 Å². The first-order valence-electron chi connectivity index (χ1n) is 23.8. The minimum atomic E-state index is -0.214. The first kappa shape index (κ1) is 54.2. The third kappa shape index (κ3) is 13.9. The fraction of sp³-hybridized carbons (Fsp3) is 0.197. The lowest BCUT2D eigenvalue weighted by molar-refractivity contribution is 0.525. The van der Waals surface area contributed by atoms with E-state index in [-0.39, 0.29) is 5.41 Å². The Morgan fingerprint density at radius 1 is 0.746 bits per heavy atom. The van der Waals surface area contributed by atoms with Gasteiger partial charge in [-0.25, -0.2) is 0 Å². The topological polar surface area (TPSA) is 26.0 Å². The molecule has 2 N–H and O–H groups in total. The summed E-state index contributed by atoms with van der Waals surface area (Å²) < 4.78 is 0. The summed E-state index contributed by atoms with van der Waals surface area (Å²) in [5, 5.41) is 0. The maximum Gasteiger partial charge on any atom is 0.0570 e. The molecule has 0 radical (unpaired) electrons. The van der Waals surface area contributed by atoms with Crippen molar-refractivity contribution < 1.29 is 0 Å². The zero-order valence-corrected chi connectivity index (χ0v) is 41.9. The lowest BCUT2D eigenvalue weighted by atomic mass is 9.62. The highest BCUT2D eigenvalue weighted by molar-refractivity contribution is 5.93. The van der Waals surface area contributed by atoms with Crippen LogP contribution in [0.25, 0.3) is 22.8 Å². The van der Waals surface area contributed by atoms with Crippen LogP contribution in [0.4, 0.5) is 5.69 Å². The number of benzene rings is 4. The molecular weight excluding hydrogens is 807 g/mol. The monoisotopic (exact) mass is 882 g/mol. The Balaban J connectivity index is 0.000000360. The summed E-state index contributed by atoms with van der Waals surface area (Å²) in [6.45, 7) is 34.4. The molecule has 0 spiro atoms. The lowest BCUT2D eigenvalue weighted by Crippen LogP contribution is -2.35. The molecule has 2 aliphatic carbocycles. The van der Waals surface area contributed by atoms with Gasteiger partial charge in [-0.1, -0.05) is 229 Å². The third-order valence-electron chi connectivity index (χ3n) is 11.5. The van der Waals surface area contributed by atoms with Crippen LogP contribution in [0, 0.1) is 12.8 Å². The zero-order valence-electron chi connectivity index (χ0n) is 41.9. The van der Waals surface area contributed by atoms with Gasteiger partial charge in [-0.05, 0) is 144 Å². The van der Waals surface area contributed by atoms with Crippen molar-refractivity contribution in [2.45, 2.75) is 80.6 Å². The van der Waals surface area contributed by atoms with Crippen LogP contribution in [-0.2, 0) is 11.8 Å². The molecule has 0 saturated heterocycles. The fourth-order valence-electron chi connectivity index (χ4n) is 8.25. The molecule has 0 saturated carbocycles. The van der Waals surface area contributed by atoms with Crippen LogP contribution in [0.2, 0.25) is 0 Å². The molecule has 0 bridgehead atoms. The van der Waals surface area contributed by atoms with Crippen LogP contribution >= 0.6 is 0 Å². The summed E-state index contributed by atoms with van der Waals surface area (Å²) in [4.78, 5) is 0. The predicted octanol–water partition coefficient (Wildman–Crippen LogP) is 18.5. The van der Waals surface area contributed by atoms with E-state index in [1.54, 1.807) is 0 Å². The zero-order chi connectivity index (χ0) is 49.2. The Morgan fingerprint density at radius 3 is 2.01 bits per heavy atom. The van der Waals surface area contributed by atoms with Gasteiger partial charge in [0.1, 0.15) is 0 Å². The van der Waals surface area contributed by atoms with Crippen LogP contribution < -0.4 is 5.73 Å².